The standard InChI is InChI=1S/C26H34N6O3S/c1-17(33)29-18-6-8-19(9-7-18)30-26-27-13-10-22(31-26)21-16-28-23-4-3-5-24(25(21)23)32-14-11-20(12-15-32)36(2,34)35/h3-5,10,13,16,18-20,28H,6-9,11-12,14-15H2,1-2H3,(H,29,33)(H,27,30,31). The minimum atomic E-state index is -3.02. The van der Waals surface area contributed by atoms with Gasteiger partial charge in [0, 0.05) is 72.9 Å². The fourth-order valence-corrected chi connectivity index (χ4v) is 6.65. The largest absolute Gasteiger partial charge is 0.371 e. The van der Waals surface area contributed by atoms with Crippen molar-refractivity contribution >= 4 is 38.3 Å². The number of benzene rings is 1. The molecule has 1 aliphatic carbocycles. The highest BCUT2D eigenvalue weighted by Gasteiger charge is 2.28. The van der Waals surface area contributed by atoms with Crippen molar-refractivity contribution in [2.75, 3.05) is 29.6 Å². The predicted molar refractivity (Wildman–Crippen MR) is 143 cm³/mol. The summed E-state index contributed by atoms with van der Waals surface area (Å²) >= 11 is 0. The maximum atomic E-state index is 12.0. The molecule has 0 atom stereocenters. The van der Waals surface area contributed by atoms with Gasteiger partial charge in [0.25, 0.3) is 0 Å². The van der Waals surface area contributed by atoms with Gasteiger partial charge >= 0.3 is 0 Å². The van der Waals surface area contributed by atoms with Crippen molar-refractivity contribution in [3.63, 3.8) is 0 Å². The zero-order valence-electron chi connectivity index (χ0n) is 20.8. The van der Waals surface area contributed by atoms with Gasteiger partial charge in [-0.15, -0.1) is 0 Å². The number of H-pyrrole nitrogens is 1. The van der Waals surface area contributed by atoms with E-state index in [4.69, 9.17) is 4.98 Å². The molecule has 36 heavy (non-hydrogen) atoms. The Morgan fingerprint density at radius 2 is 1.78 bits per heavy atom. The van der Waals surface area contributed by atoms with Crippen LogP contribution in [0.5, 0.6) is 0 Å². The minimum absolute atomic E-state index is 0.0281. The van der Waals surface area contributed by atoms with Crippen LogP contribution in [0.4, 0.5) is 11.6 Å². The van der Waals surface area contributed by atoms with Gasteiger partial charge in [-0.3, -0.25) is 4.79 Å². The van der Waals surface area contributed by atoms with E-state index in [1.165, 1.54) is 6.26 Å². The van der Waals surface area contributed by atoms with E-state index in [0.717, 1.165) is 53.5 Å². The highest BCUT2D eigenvalue weighted by atomic mass is 32.2. The number of hydrogen-bond donors (Lipinski definition) is 3. The molecule has 0 radical (unpaired) electrons. The summed E-state index contributed by atoms with van der Waals surface area (Å²) in [4.78, 5) is 26.3. The summed E-state index contributed by atoms with van der Waals surface area (Å²) in [6.07, 6.45) is 10.2. The molecule has 9 nitrogen and oxygen atoms in total. The number of nitrogens with one attached hydrogen (secondary N) is 3. The van der Waals surface area contributed by atoms with E-state index in [-0.39, 0.29) is 23.2 Å². The van der Waals surface area contributed by atoms with Gasteiger partial charge in [0.1, 0.15) is 9.84 Å². The lowest BCUT2D eigenvalue weighted by Gasteiger charge is -2.33. The Labute approximate surface area is 212 Å². The van der Waals surface area contributed by atoms with Crippen LogP contribution in [0, 0.1) is 0 Å². The first-order valence-electron chi connectivity index (χ1n) is 12.7. The second-order valence-electron chi connectivity index (χ2n) is 10.1. The molecule has 0 unspecified atom stereocenters. The fourth-order valence-electron chi connectivity index (χ4n) is 5.59. The van der Waals surface area contributed by atoms with Crippen LogP contribution in [-0.4, -0.2) is 66.0 Å². The van der Waals surface area contributed by atoms with Gasteiger partial charge < -0.3 is 20.5 Å². The maximum Gasteiger partial charge on any atom is 0.223 e. The molecule has 5 rings (SSSR count). The third kappa shape index (κ3) is 5.33. The zero-order chi connectivity index (χ0) is 25.3. The average Bonchev–Trinajstić information content (AvgIpc) is 3.29. The van der Waals surface area contributed by atoms with Crippen LogP contribution in [0.15, 0.2) is 36.7 Å². The molecule has 3 heterocycles. The molecule has 3 N–H and O–H groups in total. The number of nitrogens with zero attached hydrogens (tertiary/aromatic N) is 3. The second kappa shape index (κ2) is 10.1. The Bertz CT molecular complexity index is 1340. The number of sulfone groups is 1. The van der Waals surface area contributed by atoms with Gasteiger partial charge in [-0.2, -0.15) is 0 Å². The van der Waals surface area contributed by atoms with Crippen LogP contribution in [-0.2, 0) is 14.6 Å². The van der Waals surface area contributed by atoms with Crippen molar-refractivity contribution in [1.29, 1.82) is 0 Å². The van der Waals surface area contributed by atoms with Gasteiger partial charge in [0.15, 0.2) is 0 Å². The Balaban J connectivity index is 1.35. The number of aromatic amines is 1. The van der Waals surface area contributed by atoms with E-state index in [0.29, 0.717) is 31.9 Å². The number of carbonyl (C=O) groups is 1. The zero-order valence-corrected chi connectivity index (χ0v) is 21.6. The summed E-state index contributed by atoms with van der Waals surface area (Å²) in [5, 5.41) is 7.34. The molecule has 0 spiro atoms. The molecular weight excluding hydrogens is 476 g/mol. The maximum absolute atomic E-state index is 12.0. The van der Waals surface area contributed by atoms with Crippen molar-refractivity contribution in [3.05, 3.63) is 36.7 Å². The summed E-state index contributed by atoms with van der Waals surface area (Å²) in [7, 11) is -3.02. The van der Waals surface area contributed by atoms with Gasteiger partial charge in [0.2, 0.25) is 11.9 Å². The first-order valence-corrected chi connectivity index (χ1v) is 14.6. The van der Waals surface area contributed by atoms with E-state index in [2.05, 4.69) is 37.6 Å². The van der Waals surface area contributed by atoms with Crippen LogP contribution in [0.2, 0.25) is 0 Å². The molecule has 0 bridgehead atoms. The van der Waals surface area contributed by atoms with Crippen molar-refractivity contribution in [3.8, 4) is 11.3 Å². The third-order valence-corrected chi connectivity index (χ3v) is 9.15. The molecule has 2 fully saturated rings. The highest BCUT2D eigenvalue weighted by molar-refractivity contribution is 7.91. The van der Waals surface area contributed by atoms with E-state index in [9.17, 15) is 13.2 Å². The van der Waals surface area contributed by atoms with Crippen LogP contribution in [0.1, 0.15) is 45.4 Å². The molecule has 1 aromatic carbocycles. The summed E-state index contributed by atoms with van der Waals surface area (Å²) < 4.78 is 24.0. The molecule has 2 aromatic heterocycles. The van der Waals surface area contributed by atoms with Crippen LogP contribution >= 0.6 is 0 Å². The second-order valence-corrected chi connectivity index (χ2v) is 12.4. The lowest BCUT2D eigenvalue weighted by Crippen LogP contribution is -2.39. The van der Waals surface area contributed by atoms with Crippen molar-refractivity contribution < 1.29 is 13.2 Å². The SMILES string of the molecule is CC(=O)NC1CCC(Nc2nccc(-c3c[nH]c4cccc(N5CCC(S(C)(=O)=O)CC5)c34)n2)CC1. The number of amides is 1. The molecule has 192 valence electrons. The van der Waals surface area contributed by atoms with E-state index in [1.54, 1.807) is 13.1 Å². The smallest absolute Gasteiger partial charge is 0.223 e. The highest BCUT2D eigenvalue weighted by Crippen LogP contribution is 2.37. The number of rotatable bonds is 6. The van der Waals surface area contributed by atoms with Crippen LogP contribution in [0.25, 0.3) is 22.2 Å². The summed E-state index contributed by atoms with van der Waals surface area (Å²) in [5.74, 6) is 0.636. The van der Waals surface area contributed by atoms with E-state index in [1.807, 2.05) is 18.3 Å². The Hall–Kier alpha value is -3.14. The van der Waals surface area contributed by atoms with E-state index < -0.39 is 9.84 Å². The van der Waals surface area contributed by atoms with Crippen molar-refractivity contribution in [1.82, 2.24) is 20.3 Å². The number of anilines is 2. The molecular formula is C26H34N6O3S. The number of aromatic nitrogens is 3. The predicted octanol–water partition coefficient (Wildman–Crippen LogP) is 3.50. The number of carbonyl (C=O) groups excluding carboxylic acids is 1. The van der Waals surface area contributed by atoms with Crippen molar-refractivity contribution in [2.24, 2.45) is 0 Å². The van der Waals surface area contributed by atoms with Crippen molar-refractivity contribution in [2.45, 2.75) is 62.8 Å². The van der Waals surface area contributed by atoms with Crippen LogP contribution in [0.3, 0.4) is 0 Å². The molecule has 1 saturated carbocycles. The van der Waals surface area contributed by atoms with Crippen LogP contribution < -0.4 is 15.5 Å². The normalized spacial score (nSPS) is 21.4. The number of hydrogen-bond acceptors (Lipinski definition) is 7. The summed E-state index contributed by atoms with van der Waals surface area (Å²) in [6.45, 7) is 2.98. The van der Waals surface area contributed by atoms with Gasteiger partial charge in [-0.1, -0.05) is 6.07 Å². The quantitative estimate of drug-likeness (QED) is 0.464. The number of fused-ring (bicyclic) bond motifs is 1. The molecule has 3 aromatic rings. The molecule has 1 aliphatic heterocycles. The van der Waals surface area contributed by atoms with E-state index >= 15 is 0 Å². The third-order valence-electron chi connectivity index (χ3n) is 7.47. The summed E-state index contributed by atoms with van der Waals surface area (Å²) in [6, 6.07) is 8.65. The minimum Gasteiger partial charge on any atom is -0.371 e. The topological polar surface area (TPSA) is 120 Å². The lowest BCUT2D eigenvalue weighted by atomic mass is 9.91. The first-order chi connectivity index (χ1) is 17.3. The number of piperidine rings is 1. The Morgan fingerprint density at radius 1 is 1.06 bits per heavy atom. The summed E-state index contributed by atoms with van der Waals surface area (Å²) in [5.41, 5.74) is 3.96. The Morgan fingerprint density at radius 3 is 2.47 bits per heavy atom. The monoisotopic (exact) mass is 510 g/mol. The molecule has 1 saturated heterocycles. The molecule has 1 amide bonds. The molecule has 10 heteroatoms. The molecule has 2 aliphatic rings. The first kappa shape index (κ1) is 24.5. The van der Waals surface area contributed by atoms with Gasteiger partial charge in [-0.05, 0) is 56.7 Å². The Kier molecular flexibility index (Phi) is 6.87. The lowest BCUT2D eigenvalue weighted by molar-refractivity contribution is -0.119. The van der Waals surface area contributed by atoms with Gasteiger partial charge in [0.05, 0.1) is 10.9 Å². The average molecular weight is 511 g/mol. The fraction of sp³-hybridized carbons (Fsp3) is 0.500. The van der Waals surface area contributed by atoms with Gasteiger partial charge in [-0.25, -0.2) is 18.4 Å².